The number of rotatable bonds is 0. The molecule has 0 bridgehead atoms. The molecular formula is C10H19N. The molecule has 2 aliphatic rings. The lowest BCUT2D eigenvalue weighted by atomic mass is 9.62. The van der Waals surface area contributed by atoms with Crippen molar-refractivity contribution in [1.29, 1.82) is 0 Å². The van der Waals surface area contributed by atoms with Crippen LogP contribution < -0.4 is 0 Å². The molecule has 0 amide bonds. The van der Waals surface area contributed by atoms with Crippen molar-refractivity contribution < 1.29 is 0 Å². The Balaban J connectivity index is 2.00. The molecule has 0 aromatic rings. The summed E-state index contributed by atoms with van der Waals surface area (Å²) in [6.45, 7) is 5.19. The van der Waals surface area contributed by atoms with Crippen molar-refractivity contribution in [2.75, 3.05) is 20.1 Å². The van der Waals surface area contributed by atoms with Gasteiger partial charge in [-0.05, 0) is 24.8 Å². The average molecular weight is 153 g/mol. The minimum Gasteiger partial charge on any atom is -0.305 e. The summed E-state index contributed by atoms with van der Waals surface area (Å²) in [4.78, 5) is 2.46. The Morgan fingerprint density at radius 1 is 1.27 bits per heavy atom. The molecule has 1 saturated carbocycles. The first kappa shape index (κ1) is 7.60. The zero-order chi connectivity index (χ0) is 7.90. The maximum absolute atomic E-state index is 2.46. The van der Waals surface area contributed by atoms with Crippen molar-refractivity contribution in [3.05, 3.63) is 0 Å². The van der Waals surface area contributed by atoms with E-state index in [0.717, 1.165) is 11.3 Å². The zero-order valence-electron chi connectivity index (χ0n) is 7.77. The molecule has 0 N–H and O–H groups in total. The second-order valence-electron chi connectivity index (χ2n) is 4.68. The number of nitrogens with zero attached hydrogens (tertiary/aromatic N) is 1. The lowest BCUT2D eigenvalue weighted by molar-refractivity contribution is -0.0509. The fourth-order valence-corrected chi connectivity index (χ4v) is 2.98. The molecule has 1 saturated heterocycles. The minimum atomic E-state index is 0.757. The molecule has 1 heteroatoms. The van der Waals surface area contributed by atoms with Gasteiger partial charge in [-0.15, -0.1) is 0 Å². The van der Waals surface area contributed by atoms with Crippen molar-refractivity contribution in [2.45, 2.75) is 32.6 Å². The van der Waals surface area contributed by atoms with Crippen molar-refractivity contribution in [3.63, 3.8) is 0 Å². The topological polar surface area (TPSA) is 3.24 Å². The third kappa shape index (κ3) is 1.10. The van der Waals surface area contributed by atoms with Gasteiger partial charge in [0.1, 0.15) is 0 Å². The normalized spacial score (nSPS) is 37.1. The fourth-order valence-electron chi connectivity index (χ4n) is 2.98. The first-order valence-electron chi connectivity index (χ1n) is 4.91. The molecule has 11 heavy (non-hydrogen) atoms. The van der Waals surface area contributed by atoms with Crippen LogP contribution in [-0.2, 0) is 0 Å². The van der Waals surface area contributed by atoms with E-state index >= 15 is 0 Å². The van der Waals surface area contributed by atoms with Crippen LogP contribution in [0, 0.1) is 11.3 Å². The minimum absolute atomic E-state index is 0.757. The Hall–Kier alpha value is -0.0400. The number of hydrogen-bond acceptors (Lipinski definition) is 1. The van der Waals surface area contributed by atoms with Crippen LogP contribution in [-0.4, -0.2) is 25.0 Å². The van der Waals surface area contributed by atoms with Crippen LogP contribution in [0.15, 0.2) is 0 Å². The van der Waals surface area contributed by atoms with Crippen LogP contribution in [0.3, 0.4) is 0 Å². The molecule has 1 aliphatic carbocycles. The number of likely N-dealkylation sites (tertiary alicyclic amines) is 1. The van der Waals surface area contributed by atoms with Crippen molar-refractivity contribution in [3.8, 4) is 0 Å². The maximum Gasteiger partial charge on any atom is 0.00500 e. The molecule has 2 fully saturated rings. The predicted octanol–water partition coefficient (Wildman–Crippen LogP) is 2.13. The lowest BCUT2D eigenvalue weighted by Crippen LogP contribution is -2.58. The fraction of sp³-hybridized carbons (Fsp3) is 1.00. The predicted molar refractivity (Wildman–Crippen MR) is 47.6 cm³/mol. The second-order valence-corrected chi connectivity index (χ2v) is 4.68. The third-order valence-electron chi connectivity index (χ3n) is 3.78. The Morgan fingerprint density at radius 3 is 2.55 bits per heavy atom. The van der Waals surface area contributed by atoms with Gasteiger partial charge < -0.3 is 4.90 Å². The van der Waals surface area contributed by atoms with Gasteiger partial charge in [0.05, 0.1) is 0 Å². The molecule has 1 nitrogen and oxygen atoms in total. The molecule has 64 valence electrons. The molecule has 2 rings (SSSR count). The van der Waals surface area contributed by atoms with Gasteiger partial charge in [0.15, 0.2) is 0 Å². The Labute approximate surface area is 69.8 Å². The summed E-state index contributed by atoms with van der Waals surface area (Å²) in [6, 6.07) is 0. The van der Waals surface area contributed by atoms with Crippen LogP contribution in [0.5, 0.6) is 0 Å². The molecule has 1 atom stereocenters. The van der Waals surface area contributed by atoms with Gasteiger partial charge in [-0.1, -0.05) is 26.2 Å². The Morgan fingerprint density at radius 2 is 2.00 bits per heavy atom. The van der Waals surface area contributed by atoms with E-state index in [9.17, 15) is 0 Å². The largest absolute Gasteiger partial charge is 0.305 e. The van der Waals surface area contributed by atoms with E-state index in [0.29, 0.717) is 0 Å². The molecule has 0 unspecified atom stereocenters. The summed E-state index contributed by atoms with van der Waals surface area (Å²) in [5.41, 5.74) is 0.757. The molecule has 0 aromatic heterocycles. The van der Waals surface area contributed by atoms with E-state index in [1.54, 1.807) is 0 Å². The summed E-state index contributed by atoms with van der Waals surface area (Å²) in [7, 11) is 2.24. The first-order chi connectivity index (χ1) is 5.23. The number of hydrogen-bond donors (Lipinski definition) is 0. The summed E-state index contributed by atoms with van der Waals surface area (Å²) in [6.07, 6.45) is 5.94. The van der Waals surface area contributed by atoms with E-state index in [1.807, 2.05) is 0 Å². The SMILES string of the molecule is C[C@@H]1CCCCC12CN(C)C2. The summed E-state index contributed by atoms with van der Waals surface area (Å²) >= 11 is 0. The van der Waals surface area contributed by atoms with Gasteiger partial charge in [0.2, 0.25) is 0 Å². The highest BCUT2D eigenvalue weighted by Gasteiger charge is 2.45. The second kappa shape index (κ2) is 2.48. The van der Waals surface area contributed by atoms with E-state index in [4.69, 9.17) is 0 Å². The zero-order valence-corrected chi connectivity index (χ0v) is 7.77. The molecule has 1 aliphatic heterocycles. The molecule has 1 spiro atoms. The molecular weight excluding hydrogens is 134 g/mol. The van der Waals surface area contributed by atoms with Crippen LogP contribution in [0.25, 0.3) is 0 Å². The summed E-state index contributed by atoms with van der Waals surface area (Å²) in [5.74, 6) is 0.993. The van der Waals surface area contributed by atoms with Crippen LogP contribution >= 0.6 is 0 Å². The van der Waals surface area contributed by atoms with E-state index in [2.05, 4.69) is 18.9 Å². The van der Waals surface area contributed by atoms with Crippen LogP contribution in [0.4, 0.5) is 0 Å². The summed E-state index contributed by atoms with van der Waals surface area (Å²) < 4.78 is 0. The first-order valence-corrected chi connectivity index (χ1v) is 4.91. The van der Waals surface area contributed by atoms with Crippen molar-refractivity contribution in [2.24, 2.45) is 11.3 Å². The van der Waals surface area contributed by atoms with Gasteiger partial charge >= 0.3 is 0 Å². The van der Waals surface area contributed by atoms with Crippen LogP contribution in [0.1, 0.15) is 32.6 Å². The van der Waals surface area contributed by atoms with Gasteiger partial charge in [-0.2, -0.15) is 0 Å². The summed E-state index contributed by atoms with van der Waals surface area (Å²) in [5, 5.41) is 0. The highest BCUT2D eigenvalue weighted by molar-refractivity contribution is 4.98. The smallest absolute Gasteiger partial charge is 0.00500 e. The van der Waals surface area contributed by atoms with Gasteiger partial charge in [0, 0.05) is 13.1 Å². The third-order valence-corrected chi connectivity index (χ3v) is 3.78. The lowest BCUT2D eigenvalue weighted by Gasteiger charge is -2.54. The molecule has 1 heterocycles. The van der Waals surface area contributed by atoms with Gasteiger partial charge in [-0.25, -0.2) is 0 Å². The Kier molecular flexibility index (Phi) is 1.71. The van der Waals surface area contributed by atoms with E-state index < -0.39 is 0 Å². The van der Waals surface area contributed by atoms with Crippen molar-refractivity contribution in [1.82, 2.24) is 4.90 Å². The van der Waals surface area contributed by atoms with Gasteiger partial charge in [-0.3, -0.25) is 0 Å². The van der Waals surface area contributed by atoms with E-state index in [1.165, 1.54) is 38.8 Å². The standard InChI is InChI=1S/C10H19N/c1-9-5-3-4-6-10(9)7-11(2)8-10/h9H,3-8H2,1-2H3/t9-/m1/s1. The highest BCUT2D eigenvalue weighted by Crippen LogP contribution is 2.46. The van der Waals surface area contributed by atoms with Gasteiger partial charge in [0.25, 0.3) is 0 Å². The monoisotopic (exact) mass is 153 g/mol. The molecule has 0 aromatic carbocycles. The maximum atomic E-state index is 2.46. The van der Waals surface area contributed by atoms with Crippen molar-refractivity contribution >= 4 is 0 Å². The van der Waals surface area contributed by atoms with E-state index in [-0.39, 0.29) is 0 Å². The Bertz CT molecular complexity index is 141. The highest BCUT2D eigenvalue weighted by atomic mass is 15.2. The molecule has 0 radical (unpaired) electrons. The quantitative estimate of drug-likeness (QED) is 0.515. The van der Waals surface area contributed by atoms with Crippen LogP contribution in [0.2, 0.25) is 0 Å². The average Bonchev–Trinajstić information content (AvgIpc) is 1.92.